The summed E-state index contributed by atoms with van der Waals surface area (Å²) >= 11 is 12.8. The van der Waals surface area contributed by atoms with Crippen molar-refractivity contribution in [3.8, 4) is 0 Å². The minimum Gasteiger partial charge on any atom is -0.465 e. The molecule has 1 heterocycles. The Kier molecular flexibility index (Phi) is 8.85. The van der Waals surface area contributed by atoms with Crippen molar-refractivity contribution in [3.05, 3.63) is 79.6 Å². The van der Waals surface area contributed by atoms with Crippen molar-refractivity contribution in [1.82, 2.24) is 9.62 Å². The topological polar surface area (TPSA) is 142 Å². The maximum Gasteiger partial charge on any atom is 0.315 e. The van der Waals surface area contributed by atoms with E-state index in [2.05, 4.69) is 14.7 Å². The monoisotopic (exact) mass is 579 g/mol. The van der Waals surface area contributed by atoms with Crippen LogP contribution in [-0.2, 0) is 19.6 Å². The Bertz CT molecular complexity index is 1380. The summed E-state index contributed by atoms with van der Waals surface area (Å²) in [7, 11) is -3.58. The van der Waals surface area contributed by atoms with Crippen molar-refractivity contribution in [1.29, 1.82) is 0 Å². The number of nitrogens with one attached hydrogen (secondary N) is 1. The van der Waals surface area contributed by atoms with Crippen LogP contribution in [0.5, 0.6) is 0 Å². The van der Waals surface area contributed by atoms with Gasteiger partial charge >= 0.3 is 5.97 Å². The quantitative estimate of drug-likeness (QED) is 0.154. The third-order valence-corrected chi connectivity index (χ3v) is 8.16. The Morgan fingerprint density at radius 3 is 2.63 bits per heavy atom. The Labute approximate surface area is 230 Å². The van der Waals surface area contributed by atoms with Gasteiger partial charge in [-0.15, -0.1) is 0 Å². The van der Waals surface area contributed by atoms with Crippen molar-refractivity contribution in [2.75, 3.05) is 19.4 Å². The number of halogens is 2. The standard InChI is InChI=1S/C25H27Cl2N5O5S/c1-38(35,36)30-20-8-4-5-9-21(20)32-23(18-11-10-15(26)14-19(18)27)22(25(34)37-13-12-29-31-28)16-6-2-3-7-17(16)24(32)33/h2-3,6-7,10-11,14,20-23,30H,4-5,8-9,12-13H2,1H3/t20-,21-,22+,23-/m0/s1. The van der Waals surface area contributed by atoms with E-state index >= 15 is 0 Å². The van der Waals surface area contributed by atoms with E-state index in [-0.39, 0.29) is 24.1 Å². The highest BCUT2D eigenvalue weighted by molar-refractivity contribution is 7.88. The summed E-state index contributed by atoms with van der Waals surface area (Å²) in [6.07, 6.45) is 3.72. The molecule has 2 aliphatic rings. The molecule has 1 aliphatic carbocycles. The molecule has 1 fully saturated rings. The van der Waals surface area contributed by atoms with E-state index < -0.39 is 40.0 Å². The van der Waals surface area contributed by atoms with Gasteiger partial charge in [-0.05, 0) is 47.7 Å². The average Bonchev–Trinajstić information content (AvgIpc) is 2.86. The van der Waals surface area contributed by atoms with Crippen LogP contribution >= 0.6 is 23.2 Å². The molecule has 0 saturated heterocycles. The molecule has 13 heteroatoms. The number of rotatable bonds is 8. The highest BCUT2D eigenvalue weighted by Gasteiger charge is 2.50. The number of ether oxygens (including phenoxy) is 1. The van der Waals surface area contributed by atoms with E-state index in [9.17, 15) is 18.0 Å². The van der Waals surface area contributed by atoms with Crippen molar-refractivity contribution < 1.29 is 22.7 Å². The fourth-order valence-corrected chi connectivity index (χ4v) is 6.77. The predicted octanol–water partition coefficient (Wildman–Crippen LogP) is 4.99. The number of fused-ring (bicyclic) bond motifs is 1. The van der Waals surface area contributed by atoms with Gasteiger partial charge in [0.05, 0.1) is 25.4 Å². The van der Waals surface area contributed by atoms with Crippen LogP contribution < -0.4 is 4.72 Å². The number of esters is 1. The van der Waals surface area contributed by atoms with Gasteiger partial charge < -0.3 is 9.64 Å². The van der Waals surface area contributed by atoms with Gasteiger partial charge in [0.15, 0.2) is 0 Å². The lowest BCUT2D eigenvalue weighted by molar-refractivity contribution is -0.147. The highest BCUT2D eigenvalue weighted by atomic mass is 35.5. The van der Waals surface area contributed by atoms with E-state index in [1.165, 1.54) is 0 Å². The van der Waals surface area contributed by atoms with Crippen LogP contribution in [0.1, 0.15) is 59.1 Å². The molecule has 10 nitrogen and oxygen atoms in total. The third kappa shape index (κ3) is 6.08. The van der Waals surface area contributed by atoms with Gasteiger partial charge in [-0.1, -0.05) is 65.4 Å². The molecule has 1 saturated carbocycles. The summed E-state index contributed by atoms with van der Waals surface area (Å²) in [5.74, 6) is -1.93. The molecule has 0 unspecified atom stereocenters. The van der Waals surface area contributed by atoms with Crippen molar-refractivity contribution in [3.63, 3.8) is 0 Å². The average molecular weight is 580 g/mol. The van der Waals surface area contributed by atoms with E-state index in [1.54, 1.807) is 47.4 Å². The number of sulfonamides is 1. The first-order chi connectivity index (χ1) is 18.1. The lowest BCUT2D eigenvalue weighted by Crippen LogP contribution is -2.58. The highest BCUT2D eigenvalue weighted by Crippen LogP contribution is 2.48. The maximum absolute atomic E-state index is 14.1. The molecule has 1 amide bonds. The Hall–Kier alpha value is -2.82. The Balaban J connectivity index is 1.89. The van der Waals surface area contributed by atoms with Crippen molar-refractivity contribution in [2.45, 2.75) is 49.7 Å². The molecule has 202 valence electrons. The first-order valence-electron chi connectivity index (χ1n) is 12.1. The summed E-state index contributed by atoms with van der Waals surface area (Å²) in [5.41, 5.74) is 9.86. The zero-order valence-electron chi connectivity index (χ0n) is 20.6. The van der Waals surface area contributed by atoms with Gasteiger partial charge in [0.1, 0.15) is 5.92 Å². The van der Waals surface area contributed by atoms with E-state index in [4.69, 9.17) is 33.5 Å². The summed E-state index contributed by atoms with van der Waals surface area (Å²) in [5, 5.41) is 4.06. The van der Waals surface area contributed by atoms with Gasteiger partial charge in [0.25, 0.3) is 5.91 Å². The normalized spacial score (nSPS) is 23.3. The van der Waals surface area contributed by atoms with Gasteiger partial charge in [0, 0.05) is 32.6 Å². The number of nitrogens with zero attached hydrogens (tertiary/aromatic N) is 4. The molecule has 2 aromatic carbocycles. The summed E-state index contributed by atoms with van der Waals surface area (Å²) in [6.45, 7) is -0.188. The molecular formula is C25H27Cl2N5O5S. The van der Waals surface area contributed by atoms with Crippen LogP contribution in [0.15, 0.2) is 47.6 Å². The fraction of sp³-hybridized carbons (Fsp3) is 0.440. The molecule has 4 rings (SSSR count). The molecule has 1 N–H and O–H groups in total. The number of carbonyl (C=O) groups excluding carboxylic acids is 2. The molecular weight excluding hydrogens is 553 g/mol. The number of hydrogen-bond donors (Lipinski definition) is 1. The van der Waals surface area contributed by atoms with Crippen LogP contribution in [0.25, 0.3) is 10.4 Å². The number of amides is 1. The van der Waals surface area contributed by atoms with E-state index in [1.807, 2.05) is 0 Å². The molecule has 0 aromatic heterocycles. The van der Waals surface area contributed by atoms with Crippen molar-refractivity contribution in [2.24, 2.45) is 5.11 Å². The zero-order valence-corrected chi connectivity index (χ0v) is 22.9. The summed E-state index contributed by atoms with van der Waals surface area (Å²) < 4.78 is 32.7. The van der Waals surface area contributed by atoms with Crippen LogP contribution in [0.2, 0.25) is 10.0 Å². The second-order valence-electron chi connectivity index (χ2n) is 9.36. The minimum atomic E-state index is -3.58. The van der Waals surface area contributed by atoms with Gasteiger partial charge in [-0.25, -0.2) is 13.1 Å². The molecule has 4 atom stereocenters. The number of azide groups is 1. The van der Waals surface area contributed by atoms with Crippen LogP contribution in [0.4, 0.5) is 0 Å². The smallest absolute Gasteiger partial charge is 0.315 e. The Morgan fingerprint density at radius 2 is 1.92 bits per heavy atom. The SMILES string of the molecule is CS(=O)(=O)N[C@H]1CCCC[C@@H]1N1C(=O)c2ccccc2[C@@H](C(=O)OCCN=[N+]=[N-])[C@@H]1c1ccc(Cl)cc1Cl. The van der Waals surface area contributed by atoms with E-state index in [0.29, 0.717) is 34.6 Å². The molecule has 0 spiro atoms. The largest absolute Gasteiger partial charge is 0.465 e. The number of hydrogen-bond acceptors (Lipinski definition) is 6. The maximum atomic E-state index is 14.1. The second-order valence-corrected chi connectivity index (χ2v) is 12.0. The summed E-state index contributed by atoms with van der Waals surface area (Å²) in [6, 6.07) is 9.63. The lowest BCUT2D eigenvalue weighted by atomic mass is 9.77. The molecule has 0 radical (unpaired) electrons. The first-order valence-corrected chi connectivity index (χ1v) is 14.8. The molecule has 1 aliphatic heterocycles. The Morgan fingerprint density at radius 1 is 1.18 bits per heavy atom. The lowest BCUT2D eigenvalue weighted by Gasteiger charge is -2.49. The molecule has 2 aromatic rings. The van der Waals surface area contributed by atoms with Crippen LogP contribution in [0, 0.1) is 0 Å². The second kappa shape index (κ2) is 11.9. The minimum absolute atomic E-state index is 0.0470. The van der Waals surface area contributed by atoms with Crippen LogP contribution in [0.3, 0.4) is 0 Å². The number of benzene rings is 2. The third-order valence-electron chi connectivity index (χ3n) is 6.86. The van der Waals surface area contributed by atoms with Gasteiger partial charge in [-0.2, -0.15) is 0 Å². The van der Waals surface area contributed by atoms with Gasteiger partial charge in [0.2, 0.25) is 10.0 Å². The number of carbonyl (C=O) groups is 2. The fourth-order valence-electron chi connectivity index (χ4n) is 5.42. The molecule has 38 heavy (non-hydrogen) atoms. The zero-order chi connectivity index (χ0) is 27.4. The van der Waals surface area contributed by atoms with E-state index in [0.717, 1.165) is 19.1 Å². The van der Waals surface area contributed by atoms with Crippen LogP contribution in [-0.4, -0.2) is 56.7 Å². The first kappa shape index (κ1) is 28.2. The predicted molar refractivity (Wildman–Crippen MR) is 144 cm³/mol. The van der Waals surface area contributed by atoms with Gasteiger partial charge in [-0.3, -0.25) is 9.59 Å². The molecule has 0 bridgehead atoms. The summed E-state index contributed by atoms with van der Waals surface area (Å²) in [4.78, 5) is 32.1. The van der Waals surface area contributed by atoms with Crippen molar-refractivity contribution >= 4 is 45.1 Å².